The minimum atomic E-state index is -4.06. The fraction of sp³-hybridized carbons (Fsp3) is 0.385. The van der Waals surface area contributed by atoms with Gasteiger partial charge in [0.2, 0.25) is 0 Å². The van der Waals surface area contributed by atoms with Gasteiger partial charge in [0.05, 0.1) is 5.92 Å². The minimum absolute atomic E-state index is 0.0668. The lowest BCUT2D eigenvalue weighted by Gasteiger charge is -2.27. The quantitative estimate of drug-likeness (QED) is 0.366. The van der Waals surface area contributed by atoms with Crippen LogP contribution >= 0.6 is 0 Å². The summed E-state index contributed by atoms with van der Waals surface area (Å²) in [6.45, 7) is 6.06. The van der Waals surface area contributed by atoms with E-state index >= 15 is 0 Å². The van der Waals surface area contributed by atoms with Gasteiger partial charge in [0.15, 0.2) is 0 Å². The van der Waals surface area contributed by atoms with Crippen LogP contribution in [0.3, 0.4) is 0 Å². The number of alkyl halides is 3. The highest BCUT2D eigenvalue weighted by Crippen LogP contribution is 2.39. The second-order valence-electron chi connectivity index (χ2n) is 7.81. The van der Waals surface area contributed by atoms with E-state index < -0.39 is 12.1 Å². The molecule has 1 atom stereocenters. The first-order valence-corrected chi connectivity index (χ1v) is 10.3. The summed E-state index contributed by atoms with van der Waals surface area (Å²) in [4.78, 5) is 0. The molecule has 0 radical (unpaired) electrons. The van der Waals surface area contributed by atoms with E-state index in [1.165, 1.54) is 5.56 Å². The topological polar surface area (TPSA) is 0 Å². The van der Waals surface area contributed by atoms with Crippen LogP contribution in [-0.4, -0.2) is 6.18 Å². The zero-order valence-electron chi connectivity index (χ0n) is 16.8. The second kappa shape index (κ2) is 9.35. The molecular formula is C26H27F3. The Morgan fingerprint density at radius 1 is 0.966 bits per heavy atom. The van der Waals surface area contributed by atoms with E-state index in [1.807, 2.05) is 30.3 Å². The maximum absolute atomic E-state index is 12.8. The SMILES string of the molecule is C=CC(CC)c1ccc(-c2ccc(C#C[C@H]3CC[C@H](C(F)(F)F)CC3)cc2)cc1. The zero-order valence-corrected chi connectivity index (χ0v) is 16.8. The summed E-state index contributed by atoms with van der Waals surface area (Å²) in [7, 11) is 0. The lowest BCUT2D eigenvalue weighted by Crippen LogP contribution is -2.27. The summed E-state index contributed by atoms with van der Waals surface area (Å²) in [6, 6.07) is 16.6. The van der Waals surface area contributed by atoms with E-state index in [0.29, 0.717) is 18.8 Å². The van der Waals surface area contributed by atoms with Gasteiger partial charge in [-0.3, -0.25) is 0 Å². The number of halogens is 3. The van der Waals surface area contributed by atoms with Crippen molar-refractivity contribution in [1.29, 1.82) is 0 Å². The molecule has 152 valence electrons. The molecule has 1 unspecified atom stereocenters. The molecule has 0 spiro atoms. The molecule has 1 aliphatic carbocycles. The molecule has 29 heavy (non-hydrogen) atoms. The van der Waals surface area contributed by atoms with Gasteiger partial charge in [0.1, 0.15) is 0 Å². The molecule has 0 nitrogen and oxygen atoms in total. The monoisotopic (exact) mass is 396 g/mol. The normalized spacial score (nSPS) is 20.4. The van der Waals surface area contributed by atoms with Crippen LogP contribution in [0.5, 0.6) is 0 Å². The number of hydrogen-bond acceptors (Lipinski definition) is 0. The van der Waals surface area contributed by atoms with Gasteiger partial charge in [-0.15, -0.1) is 6.58 Å². The average molecular weight is 396 g/mol. The molecule has 3 rings (SSSR count). The van der Waals surface area contributed by atoms with Crippen molar-refractivity contribution in [3.8, 4) is 23.0 Å². The van der Waals surface area contributed by atoms with Crippen LogP contribution in [0.2, 0.25) is 0 Å². The van der Waals surface area contributed by atoms with Gasteiger partial charge < -0.3 is 0 Å². The van der Waals surface area contributed by atoms with Gasteiger partial charge in [-0.05, 0) is 60.9 Å². The molecule has 0 bridgehead atoms. The Morgan fingerprint density at radius 2 is 1.52 bits per heavy atom. The van der Waals surface area contributed by atoms with Crippen molar-refractivity contribution in [1.82, 2.24) is 0 Å². The van der Waals surface area contributed by atoms with E-state index in [0.717, 1.165) is 23.1 Å². The molecule has 3 heteroatoms. The predicted molar refractivity (Wildman–Crippen MR) is 113 cm³/mol. The molecule has 0 heterocycles. The summed E-state index contributed by atoms with van der Waals surface area (Å²) in [5, 5.41) is 0. The Kier molecular flexibility index (Phi) is 6.85. The molecular weight excluding hydrogens is 369 g/mol. The molecule has 1 fully saturated rings. The maximum Gasteiger partial charge on any atom is 0.391 e. The summed E-state index contributed by atoms with van der Waals surface area (Å²) >= 11 is 0. The number of rotatable bonds is 4. The van der Waals surface area contributed by atoms with Crippen LogP contribution in [0.25, 0.3) is 11.1 Å². The molecule has 1 aliphatic rings. The van der Waals surface area contributed by atoms with Gasteiger partial charge in [0.25, 0.3) is 0 Å². The summed E-state index contributed by atoms with van der Waals surface area (Å²) in [5.74, 6) is 5.62. The van der Waals surface area contributed by atoms with Gasteiger partial charge in [-0.25, -0.2) is 0 Å². The Bertz CT molecular complexity index is 855. The molecule has 0 amide bonds. The third-order valence-corrected chi connectivity index (χ3v) is 5.89. The van der Waals surface area contributed by atoms with Gasteiger partial charge in [0, 0.05) is 17.4 Å². The third-order valence-electron chi connectivity index (χ3n) is 5.89. The fourth-order valence-electron chi connectivity index (χ4n) is 3.96. The summed E-state index contributed by atoms with van der Waals surface area (Å²) in [6.07, 6.45) is 0.420. The van der Waals surface area contributed by atoms with Crippen LogP contribution < -0.4 is 0 Å². The van der Waals surface area contributed by atoms with E-state index in [2.05, 4.69) is 49.6 Å². The van der Waals surface area contributed by atoms with E-state index in [9.17, 15) is 13.2 Å². The standard InChI is InChI=1S/C26H27F3/c1-3-21(4-2)22-13-15-24(16-14-22)23-11-7-19(8-12-23)5-6-20-9-17-25(18-10-20)26(27,28)29/h3,7-8,11-16,20-21,25H,1,4,9-10,17-18H2,2H3/t20-,21?,25-. The fourth-order valence-corrected chi connectivity index (χ4v) is 3.96. The van der Waals surface area contributed by atoms with E-state index in [4.69, 9.17) is 0 Å². The summed E-state index contributed by atoms with van der Waals surface area (Å²) < 4.78 is 38.3. The Balaban J connectivity index is 1.62. The highest BCUT2D eigenvalue weighted by molar-refractivity contribution is 5.64. The van der Waals surface area contributed by atoms with E-state index in [1.54, 1.807) is 0 Å². The Hall–Kier alpha value is -2.47. The highest BCUT2D eigenvalue weighted by Gasteiger charge is 2.41. The molecule has 0 saturated heterocycles. The van der Waals surface area contributed by atoms with Crippen LogP contribution in [0.4, 0.5) is 13.2 Å². The first kappa shape index (κ1) is 21.2. The summed E-state index contributed by atoms with van der Waals surface area (Å²) in [5.41, 5.74) is 4.45. The molecule has 0 aromatic heterocycles. The highest BCUT2D eigenvalue weighted by atomic mass is 19.4. The largest absolute Gasteiger partial charge is 0.391 e. The molecule has 0 N–H and O–H groups in total. The maximum atomic E-state index is 12.8. The lowest BCUT2D eigenvalue weighted by atomic mass is 9.82. The zero-order chi connectivity index (χ0) is 20.9. The van der Waals surface area contributed by atoms with Gasteiger partial charge in [-0.1, -0.05) is 61.2 Å². The Morgan fingerprint density at radius 3 is 2.00 bits per heavy atom. The first-order valence-electron chi connectivity index (χ1n) is 10.3. The van der Waals surface area contributed by atoms with Crippen LogP contribution in [0.15, 0.2) is 61.2 Å². The molecule has 0 aliphatic heterocycles. The third kappa shape index (κ3) is 5.54. The average Bonchev–Trinajstić information content (AvgIpc) is 2.74. The van der Waals surface area contributed by atoms with Gasteiger partial charge >= 0.3 is 6.18 Å². The minimum Gasteiger partial charge on any atom is -0.171 e. The number of hydrogen-bond donors (Lipinski definition) is 0. The van der Waals surface area contributed by atoms with Crippen LogP contribution in [0.1, 0.15) is 56.1 Å². The van der Waals surface area contributed by atoms with Crippen molar-refractivity contribution in [3.05, 3.63) is 72.3 Å². The number of benzene rings is 2. The molecule has 1 saturated carbocycles. The van der Waals surface area contributed by atoms with Crippen molar-refractivity contribution in [2.75, 3.05) is 0 Å². The molecule has 2 aromatic rings. The second-order valence-corrected chi connectivity index (χ2v) is 7.81. The predicted octanol–water partition coefficient (Wildman–Crippen LogP) is 7.75. The van der Waals surface area contributed by atoms with Gasteiger partial charge in [-0.2, -0.15) is 13.2 Å². The van der Waals surface area contributed by atoms with Crippen LogP contribution in [0, 0.1) is 23.7 Å². The van der Waals surface area contributed by atoms with E-state index in [-0.39, 0.29) is 18.8 Å². The molecule has 2 aromatic carbocycles. The van der Waals surface area contributed by atoms with Crippen molar-refractivity contribution >= 4 is 0 Å². The lowest BCUT2D eigenvalue weighted by molar-refractivity contribution is -0.182. The van der Waals surface area contributed by atoms with Crippen LogP contribution in [-0.2, 0) is 0 Å². The number of allylic oxidation sites excluding steroid dienone is 1. The first-order chi connectivity index (χ1) is 13.9. The van der Waals surface area contributed by atoms with Crippen molar-refractivity contribution in [2.24, 2.45) is 11.8 Å². The van der Waals surface area contributed by atoms with Crippen molar-refractivity contribution < 1.29 is 13.2 Å². The Labute approximate surface area is 171 Å². The van der Waals surface area contributed by atoms with Crippen molar-refractivity contribution in [3.63, 3.8) is 0 Å². The van der Waals surface area contributed by atoms with Crippen molar-refractivity contribution in [2.45, 2.75) is 51.1 Å². The smallest absolute Gasteiger partial charge is 0.171 e.